The summed E-state index contributed by atoms with van der Waals surface area (Å²) in [5.41, 5.74) is -1.04. The number of nitrogens with one attached hydrogen (secondary N) is 2. The van der Waals surface area contributed by atoms with Crippen LogP contribution in [-0.2, 0) is 22.7 Å². The minimum absolute atomic E-state index is 0.0700. The maximum absolute atomic E-state index is 12.5. The van der Waals surface area contributed by atoms with Crippen LogP contribution in [0.15, 0.2) is 29.2 Å². The lowest BCUT2D eigenvalue weighted by atomic mass is 10.2. The highest BCUT2D eigenvalue weighted by Gasteiger charge is 2.31. The number of alkyl halides is 3. The second kappa shape index (κ2) is 5.17. The molecule has 1 heterocycles. The highest BCUT2D eigenvalue weighted by atomic mass is 32.2. The summed E-state index contributed by atoms with van der Waals surface area (Å²) in [4.78, 5) is -0.490. The number of nitrogens with zero attached hydrogens (tertiary/aromatic N) is 3. The van der Waals surface area contributed by atoms with E-state index < -0.39 is 26.7 Å². The number of halogens is 3. The molecule has 0 atom stereocenters. The van der Waals surface area contributed by atoms with Crippen molar-refractivity contribution in [3.63, 3.8) is 0 Å². The normalized spacial score (nSPS) is 12.6. The van der Waals surface area contributed by atoms with Crippen molar-refractivity contribution >= 4 is 10.0 Å². The minimum Gasteiger partial charge on any atom is -0.207 e. The van der Waals surface area contributed by atoms with Gasteiger partial charge in [0.1, 0.15) is 0 Å². The fraction of sp³-hybridized carbons (Fsp3) is 0.222. The highest BCUT2D eigenvalue weighted by molar-refractivity contribution is 7.89. The molecule has 0 amide bonds. The lowest BCUT2D eigenvalue weighted by Crippen LogP contribution is -2.24. The summed E-state index contributed by atoms with van der Waals surface area (Å²) in [6.45, 7) is -0.283. The first kappa shape index (κ1) is 14.4. The van der Waals surface area contributed by atoms with Gasteiger partial charge in [0.2, 0.25) is 10.0 Å². The Morgan fingerprint density at radius 1 is 1.30 bits per heavy atom. The van der Waals surface area contributed by atoms with Gasteiger partial charge in [0.25, 0.3) is 0 Å². The molecular formula is C9H8F3N5O2S. The SMILES string of the molecule is O=S(=O)(NCc1nn[nH]n1)c1cccc(C(F)(F)F)c1. The Balaban J connectivity index is 2.21. The Morgan fingerprint density at radius 3 is 2.65 bits per heavy atom. The van der Waals surface area contributed by atoms with Crippen molar-refractivity contribution in [2.24, 2.45) is 0 Å². The number of tetrazole rings is 1. The predicted octanol–water partition coefficient (Wildman–Crippen LogP) is 0.697. The van der Waals surface area contributed by atoms with Crippen LogP contribution >= 0.6 is 0 Å². The summed E-state index contributed by atoms with van der Waals surface area (Å²) >= 11 is 0. The monoisotopic (exact) mass is 307 g/mol. The number of hydrogen-bond donors (Lipinski definition) is 2. The third kappa shape index (κ3) is 3.30. The van der Waals surface area contributed by atoms with Gasteiger partial charge in [-0.25, -0.2) is 13.1 Å². The first-order chi connectivity index (χ1) is 9.29. The molecule has 0 saturated carbocycles. The number of hydrogen-bond acceptors (Lipinski definition) is 5. The second-order valence-corrected chi connectivity index (χ2v) is 5.45. The van der Waals surface area contributed by atoms with Crippen molar-refractivity contribution in [1.29, 1.82) is 0 Å². The van der Waals surface area contributed by atoms with Crippen LogP contribution in [0.3, 0.4) is 0 Å². The van der Waals surface area contributed by atoms with Crippen molar-refractivity contribution in [2.45, 2.75) is 17.6 Å². The summed E-state index contributed by atoms with van der Waals surface area (Å²) < 4.78 is 63.3. The van der Waals surface area contributed by atoms with Gasteiger partial charge in [-0.15, -0.1) is 10.2 Å². The zero-order valence-corrected chi connectivity index (χ0v) is 10.5. The van der Waals surface area contributed by atoms with E-state index in [0.29, 0.717) is 6.07 Å². The predicted molar refractivity (Wildman–Crippen MR) is 59.6 cm³/mol. The van der Waals surface area contributed by atoms with Crippen molar-refractivity contribution in [1.82, 2.24) is 25.3 Å². The van der Waals surface area contributed by atoms with Crippen LogP contribution in [0.25, 0.3) is 0 Å². The lowest BCUT2D eigenvalue weighted by Gasteiger charge is -2.09. The van der Waals surface area contributed by atoms with E-state index in [0.717, 1.165) is 18.2 Å². The Bertz CT molecular complexity index is 684. The number of aromatic nitrogens is 4. The molecule has 1 aromatic heterocycles. The molecule has 0 aliphatic rings. The zero-order chi connectivity index (χ0) is 14.8. The Hall–Kier alpha value is -2.01. The molecule has 0 bridgehead atoms. The Labute approximate surface area is 111 Å². The van der Waals surface area contributed by atoms with E-state index in [1.54, 1.807) is 0 Å². The summed E-state index contributed by atoms with van der Waals surface area (Å²) in [7, 11) is -4.09. The van der Waals surface area contributed by atoms with Gasteiger partial charge in [-0.2, -0.15) is 18.4 Å². The van der Waals surface area contributed by atoms with Crippen LogP contribution in [0, 0.1) is 0 Å². The van der Waals surface area contributed by atoms with Gasteiger partial charge in [0, 0.05) is 0 Å². The molecule has 11 heteroatoms. The first-order valence-corrected chi connectivity index (χ1v) is 6.66. The number of aromatic amines is 1. The van der Waals surface area contributed by atoms with Gasteiger partial charge in [-0.05, 0) is 18.2 Å². The van der Waals surface area contributed by atoms with Crippen LogP contribution in [0.1, 0.15) is 11.4 Å². The Morgan fingerprint density at radius 2 is 2.05 bits per heavy atom. The van der Waals surface area contributed by atoms with Crippen LogP contribution < -0.4 is 4.72 Å². The molecule has 0 spiro atoms. The van der Waals surface area contributed by atoms with E-state index in [4.69, 9.17) is 0 Å². The summed E-state index contributed by atoms with van der Waals surface area (Å²) in [5, 5.41) is 12.4. The summed E-state index contributed by atoms with van der Waals surface area (Å²) in [6.07, 6.45) is -4.61. The number of benzene rings is 1. The fourth-order valence-electron chi connectivity index (χ4n) is 1.34. The molecule has 0 unspecified atom stereocenters. The molecule has 7 nitrogen and oxygen atoms in total. The standard InChI is InChI=1S/C9H8F3N5O2S/c10-9(11,12)6-2-1-3-7(4-6)20(18,19)13-5-8-14-16-17-15-8/h1-4,13H,5H2,(H,14,15,16,17). The Kier molecular flexibility index (Phi) is 3.72. The van der Waals surface area contributed by atoms with Gasteiger partial charge < -0.3 is 0 Å². The molecule has 2 rings (SSSR count). The van der Waals surface area contributed by atoms with E-state index in [-0.39, 0.29) is 12.4 Å². The van der Waals surface area contributed by atoms with E-state index >= 15 is 0 Å². The number of rotatable bonds is 4. The molecule has 0 aliphatic carbocycles. The number of sulfonamides is 1. The van der Waals surface area contributed by atoms with Gasteiger partial charge in [-0.1, -0.05) is 11.3 Å². The van der Waals surface area contributed by atoms with Crippen molar-refractivity contribution < 1.29 is 21.6 Å². The number of H-pyrrole nitrogens is 1. The summed E-state index contributed by atoms with van der Waals surface area (Å²) in [5.74, 6) is 0.0700. The van der Waals surface area contributed by atoms with Crippen LogP contribution in [-0.4, -0.2) is 29.0 Å². The maximum Gasteiger partial charge on any atom is 0.416 e. The third-order valence-corrected chi connectivity index (χ3v) is 3.68. The van der Waals surface area contributed by atoms with E-state index in [1.165, 1.54) is 0 Å². The molecule has 0 fully saturated rings. The smallest absolute Gasteiger partial charge is 0.207 e. The van der Waals surface area contributed by atoms with Crippen LogP contribution in [0.4, 0.5) is 13.2 Å². The first-order valence-electron chi connectivity index (χ1n) is 5.18. The van der Waals surface area contributed by atoms with Crippen molar-refractivity contribution in [3.8, 4) is 0 Å². The van der Waals surface area contributed by atoms with E-state index in [1.807, 2.05) is 0 Å². The van der Waals surface area contributed by atoms with Gasteiger partial charge in [0.05, 0.1) is 17.0 Å². The zero-order valence-electron chi connectivity index (χ0n) is 9.72. The molecule has 2 aromatic rings. The minimum atomic E-state index is -4.61. The largest absolute Gasteiger partial charge is 0.416 e. The molecule has 20 heavy (non-hydrogen) atoms. The van der Waals surface area contributed by atoms with Gasteiger partial charge >= 0.3 is 6.18 Å². The van der Waals surface area contributed by atoms with Crippen LogP contribution in [0.5, 0.6) is 0 Å². The van der Waals surface area contributed by atoms with Crippen molar-refractivity contribution in [2.75, 3.05) is 0 Å². The average Bonchev–Trinajstić information content (AvgIpc) is 2.89. The van der Waals surface area contributed by atoms with Crippen molar-refractivity contribution in [3.05, 3.63) is 35.7 Å². The highest BCUT2D eigenvalue weighted by Crippen LogP contribution is 2.30. The average molecular weight is 307 g/mol. The molecular weight excluding hydrogens is 299 g/mol. The van der Waals surface area contributed by atoms with Crippen LogP contribution in [0.2, 0.25) is 0 Å². The molecule has 0 radical (unpaired) electrons. The maximum atomic E-state index is 12.5. The molecule has 108 valence electrons. The van der Waals surface area contributed by atoms with Gasteiger partial charge in [0.15, 0.2) is 5.82 Å². The lowest BCUT2D eigenvalue weighted by molar-refractivity contribution is -0.137. The third-order valence-electron chi connectivity index (χ3n) is 2.28. The van der Waals surface area contributed by atoms with E-state index in [9.17, 15) is 21.6 Å². The quantitative estimate of drug-likeness (QED) is 0.866. The fourth-order valence-corrected chi connectivity index (χ4v) is 2.37. The molecule has 0 aliphatic heterocycles. The molecule has 0 saturated heterocycles. The molecule has 2 N–H and O–H groups in total. The van der Waals surface area contributed by atoms with E-state index in [2.05, 4.69) is 25.3 Å². The molecule has 1 aromatic carbocycles. The topological polar surface area (TPSA) is 101 Å². The second-order valence-electron chi connectivity index (χ2n) is 3.68. The van der Waals surface area contributed by atoms with Gasteiger partial charge in [-0.3, -0.25) is 0 Å². The summed E-state index contributed by atoms with van der Waals surface area (Å²) in [6, 6.07) is 3.43.